The van der Waals surface area contributed by atoms with Crippen LogP contribution >= 0.6 is 0 Å². The van der Waals surface area contributed by atoms with Crippen LogP contribution in [-0.4, -0.2) is 36.7 Å². The molecule has 1 fully saturated rings. The van der Waals surface area contributed by atoms with Gasteiger partial charge < -0.3 is 10.5 Å². The van der Waals surface area contributed by atoms with E-state index in [0.29, 0.717) is 6.04 Å². The Bertz CT molecular complexity index is 394. The molecule has 106 valence electrons. The van der Waals surface area contributed by atoms with Crippen LogP contribution in [0.5, 0.6) is 0 Å². The van der Waals surface area contributed by atoms with Crippen LogP contribution in [0.4, 0.5) is 4.39 Å². The minimum absolute atomic E-state index is 0.00221. The molecule has 1 aromatic carbocycles. The van der Waals surface area contributed by atoms with Crippen molar-refractivity contribution in [1.29, 1.82) is 0 Å². The molecule has 0 amide bonds. The Balaban J connectivity index is 2.25. The Morgan fingerprint density at radius 3 is 2.68 bits per heavy atom. The smallest absolute Gasteiger partial charge is 0.123 e. The summed E-state index contributed by atoms with van der Waals surface area (Å²) in [5, 5.41) is 0. The van der Waals surface area contributed by atoms with Gasteiger partial charge in [-0.15, -0.1) is 0 Å². The maximum absolute atomic E-state index is 13.1. The first kappa shape index (κ1) is 14.4. The Labute approximate surface area is 114 Å². The molecule has 2 N–H and O–H groups in total. The van der Waals surface area contributed by atoms with E-state index in [0.717, 1.165) is 31.7 Å². The van der Waals surface area contributed by atoms with Crippen molar-refractivity contribution >= 4 is 0 Å². The van der Waals surface area contributed by atoms with Crippen LogP contribution in [0.1, 0.15) is 31.9 Å². The molecule has 3 unspecified atom stereocenters. The molecule has 3 nitrogen and oxygen atoms in total. The maximum Gasteiger partial charge on any atom is 0.123 e. The summed E-state index contributed by atoms with van der Waals surface area (Å²) in [5.74, 6) is -0.207. The van der Waals surface area contributed by atoms with Gasteiger partial charge in [-0.3, -0.25) is 4.90 Å². The number of ether oxygens (including phenoxy) is 1. The zero-order valence-electron chi connectivity index (χ0n) is 11.7. The van der Waals surface area contributed by atoms with Gasteiger partial charge in [0.05, 0.1) is 19.3 Å². The predicted octanol–water partition coefficient (Wildman–Crippen LogP) is 2.32. The summed E-state index contributed by atoms with van der Waals surface area (Å²) in [6.07, 6.45) is 1.03. The average molecular weight is 266 g/mol. The number of morpholine rings is 1. The molecule has 1 aromatic rings. The highest BCUT2D eigenvalue weighted by molar-refractivity contribution is 5.22. The van der Waals surface area contributed by atoms with E-state index in [4.69, 9.17) is 10.5 Å². The number of hydrogen-bond donors (Lipinski definition) is 1. The fourth-order valence-corrected chi connectivity index (χ4v) is 2.84. The number of rotatable bonds is 4. The lowest BCUT2D eigenvalue weighted by Gasteiger charge is -2.42. The van der Waals surface area contributed by atoms with E-state index in [1.54, 1.807) is 0 Å². The van der Waals surface area contributed by atoms with Crippen molar-refractivity contribution in [3.05, 3.63) is 35.6 Å². The molecule has 0 spiro atoms. The molecule has 3 atom stereocenters. The SMILES string of the molecule is CCC1COCCN1C(c1ccc(F)cc1)C(C)N. The Hall–Kier alpha value is -0.970. The zero-order valence-corrected chi connectivity index (χ0v) is 11.7. The van der Waals surface area contributed by atoms with Gasteiger partial charge in [0, 0.05) is 18.6 Å². The van der Waals surface area contributed by atoms with E-state index in [9.17, 15) is 4.39 Å². The van der Waals surface area contributed by atoms with Crippen molar-refractivity contribution in [3.63, 3.8) is 0 Å². The second kappa shape index (κ2) is 6.46. The summed E-state index contributed by atoms with van der Waals surface area (Å²) < 4.78 is 18.6. The Morgan fingerprint density at radius 1 is 1.42 bits per heavy atom. The van der Waals surface area contributed by atoms with Crippen LogP contribution in [0.25, 0.3) is 0 Å². The third kappa shape index (κ3) is 3.32. The van der Waals surface area contributed by atoms with Gasteiger partial charge in [-0.05, 0) is 31.0 Å². The van der Waals surface area contributed by atoms with Crippen LogP contribution in [-0.2, 0) is 4.74 Å². The standard InChI is InChI=1S/C15H23FN2O/c1-3-14-10-19-9-8-18(14)15(11(2)17)12-4-6-13(16)7-5-12/h4-7,11,14-15H,3,8-10,17H2,1-2H3. The molecular formula is C15H23FN2O. The zero-order chi connectivity index (χ0) is 13.8. The monoisotopic (exact) mass is 266 g/mol. The van der Waals surface area contributed by atoms with Crippen molar-refractivity contribution in [2.24, 2.45) is 5.73 Å². The molecule has 0 aliphatic carbocycles. The number of benzene rings is 1. The van der Waals surface area contributed by atoms with E-state index >= 15 is 0 Å². The Morgan fingerprint density at radius 2 is 2.11 bits per heavy atom. The summed E-state index contributed by atoms with van der Waals surface area (Å²) in [4.78, 5) is 2.40. The van der Waals surface area contributed by atoms with Crippen molar-refractivity contribution in [1.82, 2.24) is 4.90 Å². The van der Waals surface area contributed by atoms with E-state index < -0.39 is 0 Å². The first-order valence-corrected chi connectivity index (χ1v) is 6.98. The van der Waals surface area contributed by atoms with E-state index in [1.165, 1.54) is 12.1 Å². The molecule has 1 heterocycles. The maximum atomic E-state index is 13.1. The second-order valence-electron chi connectivity index (χ2n) is 5.23. The van der Waals surface area contributed by atoms with Gasteiger partial charge in [-0.1, -0.05) is 19.1 Å². The second-order valence-corrected chi connectivity index (χ2v) is 5.23. The third-order valence-corrected chi connectivity index (χ3v) is 3.81. The number of nitrogens with zero attached hydrogens (tertiary/aromatic N) is 1. The molecule has 0 saturated carbocycles. The lowest BCUT2D eigenvalue weighted by Crippen LogP contribution is -2.51. The fourth-order valence-electron chi connectivity index (χ4n) is 2.84. The molecule has 2 rings (SSSR count). The summed E-state index contributed by atoms with van der Waals surface area (Å²) in [5.41, 5.74) is 7.26. The number of nitrogens with two attached hydrogens (primary N) is 1. The summed E-state index contributed by atoms with van der Waals surface area (Å²) in [6, 6.07) is 7.19. The predicted molar refractivity (Wildman–Crippen MR) is 74.4 cm³/mol. The topological polar surface area (TPSA) is 38.5 Å². The molecule has 0 aromatic heterocycles. The molecule has 1 aliphatic rings. The average Bonchev–Trinajstić information content (AvgIpc) is 2.41. The molecule has 0 radical (unpaired) electrons. The molecule has 1 saturated heterocycles. The number of halogens is 1. The first-order valence-electron chi connectivity index (χ1n) is 6.98. The van der Waals surface area contributed by atoms with Gasteiger partial charge >= 0.3 is 0 Å². The highest BCUT2D eigenvalue weighted by Crippen LogP contribution is 2.28. The molecular weight excluding hydrogens is 243 g/mol. The Kier molecular flexibility index (Phi) is 4.91. The van der Waals surface area contributed by atoms with Gasteiger partial charge in [0.2, 0.25) is 0 Å². The fraction of sp³-hybridized carbons (Fsp3) is 0.600. The van der Waals surface area contributed by atoms with Crippen molar-refractivity contribution in [2.75, 3.05) is 19.8 Å². The van der Waals surface area contributed by atoms with Crippen molar-refractivity contribution in [3.8, 4) is 0 Å². The molecule has 1 aliphatic heterocycles. The van der Waals surface area contributed by atoms with E-state index in [-0.39, 0.29) is 17.9 Å². The summed E-state index contributed by atoms with van der Waals surface area (Å²) >= 11 is 0. The summed E-state index contributed by atoms with van der Waals surface area (Å²) in [7, 11) is 0. The van der Waals surface area contributed by atoms with Gasteiger partial charge in [-0.25, -0.2) is 4.39 Å². The lowest BCUT2D eigenvalue weighted by atomic mass is 9.96. The molecule has 4 heteroatoms. The summed E-state index contributed by atoms with van der Waals surface area (Å²) in [6.45, 7) is 6.54. The van der Waals surface area contributed by atoms with Crippen LogP contribution in [0.15, 0.2) is 24.3 Å². The van der Waals surface area contributed by atoms with Gasteiger partial charge in [0.25, 0.3) is 0 Å². The minimum atomic E-state index is -0.207. The highest BCUT2D eigenvalue weighted by atomic mass is 19.1. The normalized spacial score (nSPS) is 24.1. The van der Waals surface area contributed by atoms with E-state index in [1.807, 2.05) is 19.1 Å². The quantitative estimate of drug-likeness (QED) is 0.909. The van der Waals surface area contributed by atoms with Gasteiger partial charge in [0.1, 0.15) is 5.82 Å². The van der Waals surface area contributed by atoms with Gasteiger partial charge in [-0.2, -0.15) is 0 Å². The van der Waals surface area contributed by atoms with Crippen LogP contribution in [0.3, 0.4) is 0 Å². The van der Waals surface area contributed by atoms with E-state index in [2.05, 4.69) is 11.8 Å². The lowest BCUT2D eigenvalue weighted by molar-refractivity contribution is -0.0349. The van der Waals surface area contributed by atoms with Gasteiger partial charge in [0.15, 0.2) is 0 Å². The van der Waals surface area contributed by atoms with Crippen LogP contribution < -0.4 is 5.73 Å². The van der Waals surface area contributed by atoms with Crippen LogP contribution in [0.2, 0.25) is 0 Å². The highest BCUT2D eigenvalue weighted by Gasteiger charge is 2.31. The first-order chi connectivity index (χ1) is 9.13. The van der Waals surface area contributed by atoms with Crippen molar-refractivity contribution in [2.45, 2.75) is 38.4 Å². The largest absolute Gasteiger partial charge is 0.378 e. The molecule has 0 bridgehead atoms. The third-order valence-electron chi connectivity index (χ3n) is 3.81. The van der Waals surface area contributed by atoms with Crippen molar-refractivity contribution < 1.29 is 9.13 Å². The molecule has 19 heavy (non-hydrogen) atoms. The number of hydrogen-bond acceptors (Lipinski definition) is 3. The minimum Gasteiger partial charge on any atom is -0.378 e. The van der Waals surface area contributed by atoms with Crippen LogP contribution in [0, 0.1) is 5.82 Å².